The molecule has 0 aliphatic carbocycles. The second-order valence-corrected chi connectivity index (χ2v) is 11.3. The fourth-order valence-corrected chi connectivity index (χ4v) is 7.03. The van der Waals surface area contributed by atoms with Crippen molar-refractivity contribution < 1.29 is 19.1 Å². The fourth-order valence-electron chi connectivity index (χ4n) is 7.03. The van der Waals surface area contributed by atoms with Crippen LogP contribution in [0.25, 0.3) is 10.9 Å². The zero-order valence-electron chi connectivity index (χ0n) is 22.5. The number of aromatic amines is 1. The van der Waals surface area contributed by atoms with E-state index in [4.69, 9.17) is 9.47 Å². The van der Waals surface area contributed by atoms with E-state index >= 15 is 0 Å². The molecule has 0 radical (unpaired) electrons. The van der Waals surface area contributed by atoms with Gasteiger partial charge in [-0.3, -0.25) is 19.6 Å². The number of hydrogen-bond donors (Lipinski definition) is 1. The minimum absolute atomic E-state index is 0.0174. The van der Waals surface area contributed by atoms with Crippen LogP contribution in [0.4, 0.5) is 0 Å². The maximum Gasteiger partial charge on any atom is 0.246 e. The number of carbonyl (C=O) groups is 2. The monoisotopic (exact) mass is 550 g/mol. The number of H-pyrrole nitrogens is 1. The minimum atomic E-state index is -0.563. The summed E-state index contributed by atoms with van der Waals surface area (Å²) >= 11 is 0. The van der Waals surface area contributed by atoms with Crippen LogP contribution in [0.1, 0.15) is 35.0 Å². The summed E-state index contributed by atoms with van der Waals surface area (Å²) in [6, 6.07) is 13.0. The van der Waals surface area contributed by atoms with Gasteiger partial charge in [0, 0.05) is 73.7 Å². The molecule has 6 heterocycles. The van der Waals surface area contributed by atoms with Crippen LogP contribution < -0.4 is 9.47 Å². The molecule has 4 aromatic rings. The average molecular weight is 551 g/mol. The molecule has 2 aromatic heterocycles. The van der Waals surface area contributed by atoms with Crippen molar-refractivity contribution in [2.24, 2.45) is 0 Å². The topological polar surface area (TPSA) is 104 Å². The largest absolute Gasteiger partial charge is 0.454 e. The number of hydrogen-bond acceptors (Lipinski definition) is 7. The van der Waals surface area contributed by atoms with E-state index in [1.54, 1.807) is 18.6 Å². The summed E-state index contributed by atoms with van der Waals surface area (Å²) < 4.78 is 11.2. The highest BCUT2D eigenvalue weighted by Gasteiger charge is 2.50. The molecule has 41 heavy (non-hydrogen) atoms. The molecule has 10 heteroatoms. The third-order valence-corrected chi connectivity index (χ3v) is 8.99. The Morgan fingerprint density at radius 1 is 1.05 bits per heavy atom. The van der Waals surface area contributed by atoms with E-state index in [9.17, 15) is 9.59 Å². The van der Waals surface area contributed by atoms with Gasteiger partial charge >= 0.3 is 0 Å². The van der Waals surface area contributed by atoms with E-state index in [-0.39, 0.29) is 31.2 Å². The Labute approximate surface area is 236 Å². The summed E-state index contributed by atoms with van der Waals surface area (Å²) in [6.45, 7) is 2.77. The number of ether oxygens (including phenoxy) is 2. The number of piperazine rings is 1. The second kappa shape index (κ2) is 9.59. The van der Waals surface area contributed by atoms with Crippen LogP contribution in [0.2, 0.25) is 0 Å². The van der Waals surface area contributed by atoms with E-state index in [1.165, 1.54) is 0 Å². The Balaban J connectivity index is 1.10. The molecule has 8 rings (SSSR count). The van der Waals surface area contributed by atoms with E-state index in [1.807, 2.05) is 46.2 Å². The molecule has 0 spiro atoms. The number of para-hydroxylation sites is 1. The fraction of sp³-hybridized carbons (Fsp3) is 0.355. The second-order valence-electron chi connectivity index (χ2n) is 11.3. The lowest BCUT2D eigenvalue weighted by molar-refractivity contribution is -0.160. The van der Waals surface area contributed by atoms with Gasteiger partial charge in [0.25, 0.3) is 0 Å². The maximum absolute atomic E-state index is 14.3. The molecule has 0 bridgehead atoms. The molecule has 208 valence electrons. The first-order valence-electron chi connectivity index (χ1n) is 14.2. The van der Waals surface area contributed by atoms with E-state index in [0.717, 1.165) is 65.9 Å². The van der Waals surface area contributed by atoms with Crippen LogP contribution in [-0.4, -0.2) is 86.5 Å². The summed E-state index contributed by atoms with van der Waals surface area (Å²) in [6.07, 6.45) is 7.35. The first-order chi connectivity index (χ1) is 20.1. The number of likely N-dealkylation sites (tertiary alicyclic amines) is 1. The molecule has 3 atom stereocenters. The Morgan fingerprint density at radius 3 is 2.85 bits per heavy atom. The molecule has 0 saturated carbocycles. The van der Waals surface area contributed by atoms with Crippen molar-refractivity contribution in [3.05, 3.63) is 83.6 Å². The Kier molecular flexibility index (Phi) is 5.70. The summed E-state index contributed by atoms with van der Waals surface area (Å²) in [5, 5.41) is 1.10. The number of nitrogens with zero attached hydrogens (tertiary/aromatic N) is 5. The summed E-state index contributed by atoms with van der Waals surface area (Å²) in [4.78, 5) is 46.4. The summed E-state index contributed by atoms with van der Waals surface area (Å²) in [7, 11) is 0. The number of nitrogens with one attached hydrogen (secondary N) is 1. The average Bonchev–Trinajstić information content (AvgIpc) is 3.75. The molecule has 2 aromatic carbocycles. The van der Waals surface area contributed by atoms with Gasteiger partial charge in [0.05, 0.1) is 11.7 Å². The third kappa shape index (κ3) is 4.04. The van der Waals surface area contributed by atoms with Gasteiger partial charge < -0.3 is 29.2 Å². The molecule has 2 fully saturated rings. The van der Waals surface area contributed by atoms with E-state index < -0.39 is 12.1 Å². The first-order valence-corrected chi connectivity index (χ1v) is 14.2. The summed E-state index contributed by atoms with van der Waals surface area (Å²) in [5.74, 6) is 1.36. The quantitative estimate of drug-likeness (QED) is 0.408. The first kappa shape index (κ1) is 24.4. The summed E-state index contributed by atoms with van der Waals surface area (Å²) in [5.41, 5.74) is 4.94. The lowest BCUT2D eigenvalue weighted by Crippen LogP contribution is -2.65. The minimum Gasteiger partial charge on any atom is -0.454 e. The third-order valence-electron chi connectivity index (χ3n) is 8.99. The van der Waals surface area contributed by atoms with E-state index in [0.29, 0.717) is 17.9 Å². The molecular formula is C31H30N6O4. The normalized spacial score (nSPS) is 23.8. The van der Waals surface area contributed by atoms with Crippen LogP contribution in [-0.2, 0) is 22.4 Å². The predicted molar refractivity (Wildman–Crippen MR) is 149 cm³/mol. The van der Waals surface area contributed by atoms with E-state index in [2.05, 4.69) is 25.9 Å². The molecule has 10 nitrogen and oxygen atoms in total. The standard InChI is InChI=1S/C31H30N6O4/c38-28-17-36(21-8-12-35(16-21)11-7-20-15-32-9-10-33-20)31(39)25-14-23-22-3-1-2-4-24(22)34-29(23)30(37(25)28)19-5-6-26-27(13-19)41-18-40-26/h1-6,9-10,13,15,21,25,30,34H,7-8,11-12,14,16-18H2/t21-,25-,30-/m1/s1. The number of aromatic nitrogens is 3. The van der Waals surface area contributed by atoms with Crippen molar-refractivity contribution in [1.82, 2.24) is 29.7 Å². The SMILES string of the molecule is O=C1[C@H]2Cc3c([nH]c4ccccc34)[C@@H](c3ccc4c(c3)OCO4)N2C(=O)CN1[C@@H]1CCN(CCc2cnccn2)C1. The van der Waals surface area contributed by atoms with Crippen LogP contribution >= 0.6 is 0 Å². The molecule has 4 aliphatic rings. The van der Waals surface area contributed by atoms with Crippen LogP contribution in [0.15, 0.2) is 61.1 Å². The lowest BCUT2D eigenvalue weighted by atomic mass is 9.85. The maximum atomic E-state index is 14.3. The molecule has 2 saturated heterocycles. The smallest absolute Gasteiger partial charge is 0.246 e. The number of carbonyl (C=O) groups excluding carboxylic acids is 2. The van der Waals surface area contributed by atoms with Gasteiger partial charge in [-0.1, -0.05) is 24.3 Å². The lowest BCUT2D eigenvalue weighted by Gasteiger charge is -2.48. The van der Waals surface area contributed by atoms with Gasteiger partial charge in [0.15, 0.2) is 11.5 Å². The Bertz CT molecular complexity index is 1660. The van der Waals surface area contributed by atoms with Crippen molar-refractivity contribution in [3.8, 4) is 11.5 Å². The highest BCUT2D eigenvalue weighted by molar-refractivity contribution is 5.98. The molecule has 1 N–H and O–H groups in total. The predicted octanol–water partition coefficient (Wildman–Crippen LogP) is 2.69. The van der Waals surface area contributed by atoms with Crippen molar-refractivity contribution in [1.29, 1.82) is 0 Å². The Morgan fingerprint density at radius 2 is 1.95 bits per heavy atom. The van der Waals surface area contributed by atoms with Crippen molar-refractivity contribution in [2.45, 2.75) is 37.4 Å². The zero-order chi connectivity index (χ0) is 27.5. The van der Waals surface area contributed by atoms with Crippen LogP contribution in [0, 0.1) is 0 Å². The van der Waals surface area contributed by atoms with Gasteiger partial charge in [0.2, 0.25) is 18.6 Å². The number of amides is 2. The van der Waals surface area contributed by atoms with Gasteiger partial charge in [-0.15, -0.1) is 0 Å². The molecular weight excluding hydrogens is 520 g/mol. The number of fused-ring (bicyclic) bond motifs is 5. The van der Waals surface area contributed by atoms with Crippen molar-refractivity contribution >= 4 is 22.7 Å². The molecule has 2 amide bonds. The highest BCUT2D eigenvalue weighted by atomic mass is 16.7. The van der Waals surface area contributed by atoms with Crippen LogP contribution in [0.5, 0.6) is 11.5 Å². The molecule has 0 unspecified atom stereocenters. The van der Waals surface area contributed by atoms with Gasteiger partial charge in [0.1, 0.15) is 12.6 Å². The number of benzene rings is 2. The Hall–Kier alpha value is -4.44. The zero-order valence-corrected chi connectivity index (χ0v) is 22.5. The molecule has 4 aliphatic heterocycles. The highest BCUT2D eigenvalue weighted by Crippen LogP contribution is 2.45. The number of rotatable bonds is 5. The van der Waals surface area contributed by atoms with Gasteiger partial charge in [-0.25, -0.2) is 0 Å². The van der Waals surface area contributed by atoms with Gasteiger partial charge in [-0.05, 0) is 35.7 Å². The van der Waals surface area contributed by atoms with Crippen molar-refractivity contribution in [2.75, 3.05) is 33.0 Å². The van der Waals surface area contributed by atoms with Crippen LogP contribution in [0.3, 0.4) is 0 Å². The van der Waals surface area contributed by atoms with Gasteiger partial charge in [-0.2, -0.15) is 0 Å². The van der Waals surface area contributed by atoms with Crippen molar-refractivity contribution in [3.63, 3.8) is 0 Å².